The minimum atomic E-state index is -0.638. The van der Waals surface area contributed by atoms with E-state index < -0.39 is 12.0 Å². The fourth-order valence-electron chi connectivity index (χ4n) is 2.77. The van der Waals surface area contributed by atoms with E-state index >= 15 is 0 Å². The molecule has 6 heteroatoms. The van der Waals surface area contributed by atoms with Crippen molar-refractivity contribution >= 4 is 12.0 Å². The third kappa shape index (κ3) is 4.00. The first-order valence-electron chi connectivity index (χ1n) is 8.71. The summed E-state index contributed by atoms with van der Waals surface area (Å²) in [5.41, 5.74) is 2.72. The fraction of sp³-hybridized carbons (Fsp3) is 0.500. The highest BCUT2D eigenvalue weighted by Gasteiger charge is 2.35. The van der Waals surface area contributed by atoms with Crippen molar-refractivity contribution in [1.82, 2.24) is 10.6 Å². The molecule has 2 amide bonds. The Morgan fingerprint density at radius 3 is 2.23 bits per heavy atom. The molecule has 3 N–H and O–H groups in total. The molecule has 1 aromatic rings. The van der Waals surface area contributed by atoms with Gasteiger partial charge in [-0.2, -0.15) is 0 Å². The van der Waals surface area contributed by atoms with Crippen molar-refractivity contribution in [3.8, 4) is 5.75 Å². The van der Waals surface area contributed by atoms with E-state index in [2.05, 4.69) is 10.6 Å². The molecule has 2 unspecified atom stereocenters. The first-order valence-corrected chi connectivity index (χ1v) is 8.71. The third-order valence-corrected chi connectivity index (χ3v) is 4.84. The van der Waals surface area contributed by atoms with E-state index in [1.165, 1.54) is 0 Å². The largest absolute Gasteiger partial charge is 0.507 e. The molecule has 1 heterocycles. The summed E-state index contributed by atoms with van der Waals surface area (Å²) in [5, 5.41) is 15.4. The summed E-state index contributed by atoms with van der Waals surface area (Å²) in [7, 11) is 0. The Balaban J connectivity index is 2.45. The van der Waals surface area contributed by atoms with Crippen LogP contribution in [0.15, 0.2) is 23.4 Å². The van der Waals surface area contributed by atoms with Crippen molar-refractivity contribution in [2.45, 2.75) is 60.6 Å². The number of allylic oxidation sites excluding steroid dienone is 1. The van der Waals surface area contributed by atoms with Gasteiger partial charge in [-0.25, -0.2) is 9.59 Å². The summed E-state index contributed by atoms with van der Waals surface area (Å²) in [6.45, 7) is 13.1. The number of urea groups is 1. The summed E-state index contributed by atoms with van der Waals surface area (Å²) >= 11 is 0. The Bertz CT molecular complexity index is 752. The Labute approximate surface area is 154 Å². The number of amides is 2. The SMILES string of the molecule is CC1=C(C(=O)OC(C)C(C)(C)C)C(c2cc(C)c(O)c(C)c2)NC(=O)N1. The first kappa shape index (κ1) is 19.8. The van der Waals surface area contributed by atoms with E-state index in [1.54, 1.807) is 32.9 Å². The van der Waals surface area contributed by atoms with Crippen LogP contribution in [0.4, 0.5) is 4.79 Å². The zero-order valence-corrected chi connectivity index (χ0v) is 16.5. The van der Waals surface area contributed by atoms with E-state index in [9.17, 15) is 14.7 Å². The molecule has 0 bridgehead atoms. The predicted molar refractivity (Wildman–Crippen MR) is 99.7 cm³/mol. The van der Waals surface area contributed by atoms with Crippen molar-refractivity contribution in [2.24, 2.45) is 5.41 Å². The van der Waals surface area contributed by atoms with Crippen LogP contribution in [0.25, 0.3) is 0 Å². The second kappa shape index (κ2) is 7.02. The number of benzene rings is 1. The van der Waals surface area contributed by atoms with Crippen LogP contribution in [-0.4, -0.2) is 23.2 Å². The number of aromatic hydroxyl groups is 1. The third-order valence-electron chi connectivity index (χ3n) is 4.84. The summed E-state index contributed by atoms with van der Waals surface area (Å²) in [4.78, 5) is 24.9. The molecule has 6 nitrogen and oxygen atoms in total. The quantitative estimate of drug-likeness (QED) is 0.719. The lowest BCUT2D eigenvalue weighted by atomic mass is 9.89. The molecular formula is C20H28N2O4. The van der Waals surface area contributed by atoms with Crippen LogP contribution in [0.2, 0.25) is 0 Å². The highest BCUT2D eigenvalue weighted by atomic mass is 16.5. The lowest BCUT2D eigenvalue weighted by Gasteiger charge is -2.32. The van der Waals surface area contributed by atoms with Gasteiger partial charge < -0.3 is 20.5 Å². The van der Waals surface area contributed by atoms with E-state index in [1.807, 2.05) is 27.7 Å². The van der Waals surface area contributed by atoms with Gasteiger partial charge in [0.2, 0.25) is 0 Å². The monoisotopic (exact) mass is 360 g/mol. The summed E-state index contributed by atoms with van der Waals surface area (Å²) < 4.78 is 5.66. The minimum absolute atomic E-state index is 0.198. The van der Waals surface area contributed by atoms with E-state index in [-0.39, 0.29) is 23.3 Å². The number of rotatable bonds is 3. The van der Waals surface area contributed by atoms with Gasteiger partial charge in [-0.1, -0.05) is 20.8 Å². The Kier molecular flexibility index (Phi) is 5.35. The predicted octanol–water partition coefficient (Wildman–Crippen LogP) is 3.61. The van der Waals surface area contributed by atoms with Gasteiger partial charge in [0.25, 0.3) is 0 Å². The zero-order valence-electron chi connectivity index (χ0n) is 16.5. The highest BCUT2D eigenvalue weighted by Crippen LogP contribution is 2.33. The molecule has 0 aliphatic carbocycles. The number of ether oxygens (including phenoxy) is 1. The number of aryl methyl sites for hydroxylation is 2. The van der Waals surface area contributed by atoms with Crippen molar-refractivity contribution in [1.29, 1.82) is 0 Å². The van der Waals surface area contributed by atoms with Crippen LogP contribution >= 0.6 is 0 Å². The molecule has 0 saturated heterocycles. The normalized spacial score (nSPS) is 18.9. The molecule has 2 atom stereocenters. The fourth-order valence-corrected chi connectivity index (χ4v) is 2.77. The molecule has 0 fully saturated rings. The molecule has 1 aromatic carbocycles. The molecule has 1 aliphatic heterocycles. The number of hydrogen-bond donors (Lipinski definition) is 3. The molecule has 1 aliphatic rings. The average molecular weight is 360 g/mol. The van der Waals surface area contributed by atoms with Gasteiger partial charge >= 0.3 is 12.0 Å². The van der Waals surface area contributed by atoms with Crippen LogP contribution < -0.4 is 10.6 Å². The van der Waals surface area contributed by atoms with Crippen LogP contribution in [0, 0.1) is 19.3 Å². The Hall–Kier alpha value is -2.50. The van der Waals surface area contributed by atoms with Crippen molar-refractivity contribution < 1.29 is 19.4 Å². The maximum absolute atomic E-state index is 12.9. The average Bonchev–Trinajstić information content (AvgIpc) is 2.50. The number of carbonyl (C=O) groups is 2. The Morgan fingerprint density at radius 1 is 1.19 bits per heavy atom. The van der Waals surface area contributed by atoms with Gasteiger partial charge in [0.05, 0.1) is 11.6 Å². The lowest BCUT2D eigenvalue weighted by Crippen LogP contribution is -2.46. The highest BCUT2D eigenvalue weighted by molar-refractivity contribution is 5.95. The van der Waals surface area contributed by atoms with Gasteiger partial charge in [-0.15, -0.1) is 0 Å². The number of phenols is 1. The number of carbonyl (C=O) groups excluding carboxylic acids is 2. The summed E-state index contributed by atoms with van der Waals surface area (Å²) in [6, 6.07) is 2.52. The number of phenolic OH excluding ortho intramolecular Hbond substituents is 1. The van der Waals surface area contributed by atoms with Gasteiger partial charge in [0.15, 0.2) is 0 Å². The molecule has 26 heavy (non-hydrogen) atoms. The molecule has 0 radical (unpaired) electrons. The standard InChI is InChI=1S/C20H28N2O4/c1-10-8-14(9-11(2)17(10)23)16-15(12(3)21-19(25)22-16)18(24)26-13(4)20(5,6)7/h8-9,13,16,23H,1-7H3,(H2,21,22,25). The smallest absolute Gasteiger partial charge is 0.338 e. The number of nitrogens with one attached hydrogen (secondary N) is 2. The minimum Gasteiger partial charge on any atom is -0.507 e. The second-order valence-electron chi connectivity index (χ2n) is 7.99. The zero-order chi connectivity index (χ0) is 19.8. The molecule has 142 valence electrons. The van der Waals surface area contributed by atoms with Gasteiger partial charge in [-0.05, 0) is 61.9 Å². The molecule has 0 saturated carbocycles. The maximum Gasteiger partial charge on any atom is 0.338 e. The van der Waals surface area contributed by atoms with E-state index in [0.29, 0.717) is 22.4 Å². The second-order valence-corrected chi connectivity index (χ2v) is 7.99. The van der Waals surface area contributed by atoms with Crippen molar-refractivity contribution in [2.75, 3.05) is 0 Å². The van der Waals surface area contributed by atoms with Crippen LogP contribution in [0.3, 0.4) is 0 Å². The molecule has 2 rings (SSSR count). The van der Waals surface area contributed by atoms with Crippen molar-refractivity contribution in [3.05, 3.63) is 40.1 Å². The van der Waals surface area contributed by atoms with Gasteiger partial charge in [0, 0.05) is 5.70 Å². The van der Waals surface area contributed by atoms with Crippen LogP contribution in [0.1, 0.15) is 57.4 Å². The number of hydrogen-bond acceptors (Lipinski definition) is 4. The summed E-state index contributed by atoms with van der Waals surface area (Å²) in [5.74, 6) is -0.258. The first-order chi connectivity index (χ1) is 11.9. The molecule has 0 aromatic heterocycles. The molecular weight excluding hydrogens is 332 g/mol. The van der Waals surface area contributed by atoms with Crippen molar-refractivity contribution in [3.63, 3.8) is 0 Å². The molecule has 0 spiro atoms. The van der Waals surface area contributed by atoms with Gasteiger partial charge in [-0.3, -0.25) is 0 Å². The van der Waals surface area contributed by atoms with Crippen LogP contribution in [0.5, 0.6) is 5.75 Å². The topological polar surface area (TPSA) is 87.7 Å². The van der Waals surface area contributed by atoms with E-state index in [4.69, 9.17) is 4.74 Å². The Morgan fingerprint density at radius 2 is 1.73 bits per heavy atom. The van der Waals surface area contributed by atoms with E-state index in [0.717, 1.165) is 5.56 Å². The van der Waals surface area contributed by atoms with Gasteiger partial charge in [0.1, 0.15) is 11.9 Å². The maximum atomic E-state index is 12.9. The number of esters is 1. The summed E-state index contributed by atoms with van der Waals surface area (Å²) in [6.07, 6.45) is -0.295. The van der Waals surface area contributed by atoms with Crippen LogP contribution in [-0.2, 0) is 9.53 Å². The lowest BCUT2D eigenvalue weighted by molar-refractivity contribution is -0.149.